The van der Waals surface area contributed by atoms with Gasteiger partial charge in [0, 0.05) is 25.2 Å². The van der Waals surface area contributed by atoms with Gasteiger partial charge in [-0.1, -0.05) is 23.2 Å². The number of nitrogens with one attached hydrogen (secondary N) is 1. The molecule has 10 heteroatoms. The first-order valence-corrected chi connectivity index (χ1v) is 9.83. The summed E-state index contributed by atoms with van der Waals surface area (Å²) in [6, 6.07) is 8.81. The van der Waals surface area contributed by atoms with Gasteiger partial charge in [0.2, 0.25) is 10.0 Å². The molecule has 0 spiro atoms. The Hall–Kier alpha value is -2.00. The summed E-state index contributed by atoms with van der Waals surface area (Å²) in [6.45, 7) is -0.353. The predicted molar refractivity (Wildman–Crippen MR) is 104 cm³/mol. The van der Waals surface area contributed by atoms with Crippen LogP contribution >= 0.6 is 23.2 Å². The van der Waals surface area contributed by atoms with Crippen LogP contribution < -0.4 is 14.8 Å². The second-order valence-corrected chi connectivity index (χ2v) is 8.56. The van der Waals surface area contributed by atoms with Crippen molar-refractivity contribution in [3.05, 3.63) is 46.4 Å². The van der Waals surface area contributed by atoms with E-state index in [1.54, 1.807) is 12.1 Å². The van der Waals surface area contributed by atoms with Gasteiger partial charge in [-0.05, 0) is 30.3 Å². The number of carbonyl (C=O) groups excluding carboxylic acids is 1. The number of anilines is 1. The molecule has 1 amide bonds. The molecule has 2 aromatic carbocycles. The number of halogens is 2. The lowest BCUT2D eigenvalue weighted by atomic mass is 10.3. The Kier molecular flexibility index (Phi) is 6.94. The summed E-state index contributed by atoms with van der Waals surface area (Å²) < 4.78 is 36.1. The lowest BCUT2D eigenvalue weighted by Gasteiger charge is -2.15. The summed E-state index contributed by atoms with van der Waals surface area (Å²) >= 11 is 11.9. The number of methoxy groups -OCH3 is 1. The van der Waals surface area contributed by atoms with Crippen molar-refractivity contribution in [2.24, 2.45) is 0 Å². The first-order valence-electron chi connectivity index (χ1n) is 7.63. The summed E-state index contributed by atoms with van der Waals surface area (Å²) in [5.74, 6) is 0.0424. The Morgan fingerprint density at radius 3 is 2.44 bits per heavy atom. The normalized spacial score (nSPS) is 11.3. The molecule has 0 aliphatic rings. The molecule has 0 saturated heterocycles. The summed E-state index contributed by atoms with van der Waals surface area (Å²) in [6.07, 6.45) is 0. The predicted octanol–water partition coefficient (Wildman–Crippen LogP) is 3.27. The maximum Gasteiger partial charge on any atom is 0.262 e. The van der Waals surface area contributed by atoms with Crippen LogP contribution in [0, 0.1) is 0 Å². The molecule has 2 rings (SSSR count). The Balaban J connectivity index is 2.17. The molecular weight excluding hydrogens is 415 g/mol. The van der Waals surface area contributed by atoms with Crippen LogP contribution in [0.4, 0.5) is 5.69 Å². The first kappa shape index (κ1) is 21.3. The van der Waals surface area contributed by atoms with Crippen molar-refractivity contribution in [1.29, 1.82) is 0 Å². The van der Waals surface area contributed by atoms with E-state index in [1.165, 1.54) is 45.5 Å². The Bertz CT molecular complexity index is 948. The molecule has 0 saturated carbocycles. The molecule has 0 heterocycles. The highest BCUT2D eigenvalue weighted by molar-refractivity contribution is 7.89. The van der Waals surface area contributed by atoms with Gasteiger partial charge in [0.1, 0.15) is 11.5 Å². The van der Waals surface area contributed by atoms with E-state index in [0.29, 0.717) is 15.8 Å². The van der Waals surface area contributed by atoms with E-state index >= 15 is 0 Å². The molecule has 0 atom stereocenters. The molecule has 1 N–H and O–H groups in total. The van der Waals surface area contributed by atoms with Gasteiger partial charge in [-0.3, -0.25) is 4.79 Å². The third-order valence-corrected chi connectivity index (χ3v) is 5.83. The molecule has 0 unspecified atom stereocenters. The number of carbonyl (C=O) groups is 1. The van der Waals surface area contributed by atoms with E-state index in [2.05, 4.69) is 5.32 Å². The largest absolute Gasteiger partial charge is 0.495 e. The van der Waals surface area contributed by atoms with E-state index in [-0.39, 0.29) is 22.9 Å². The number of sulfonamides is 1. The van der Waals surface area contributed by atoms with Gasteiger partial charge in [-0.25, -0.2) is 12.7 Å². The van der Waals surface area contributed by atoms with Crippen molar-refractivity contribution in [3.8, 4) is 11.5 Å². The summed E-state index contributed by atoms with van der Waals surface area (Å²) in [5.41, 5.74) is 0.200. The molecule has 146 valence electrons. The highest BCUT2D eigenvalue weighted by Crippen LogP contribution is 2.29. The standard InChI is InChI=1S/C17H18Cl2N2O5S/c1-21(2)27(23,24)12-5-7-15(25-3)14(9-12)20-17(22)10-26-16-8-11(18)4-6-13(16)19/h4-9H,10H2,1-3H3,(H,20,22). The SMILES string of the molecule is COc1ccc(S(=O)(=O)N(C)C)cc1NC(=O)COc1cc(Cl)ccc1Cl. The zero-order valence-electron chi connectivity index (χ0n) is 14.8. The van der Waals surface area contributed by atoms with E-state index in [1.807, 2.05) is 0 Å². The quantitative estimate of drug-likeness (QED) is 0.725. The fourth-order valence-electron chi connectivity index (χ4n) is 2.07. The van der Waals surface area contributed by atoms with Crippen LogP contribution in [0.2, 0.25) is 10.0 Å². The Labute approximate surface area is 167 Å². The number of hydrogen-bond acceptors (Lipinski definition) is 5. The smallest absolute Gasteiger partial charge is 0.262 e. The molecule has 0 radical (unpaired) electrons. The van der Waals surface area contributed by atoms with Crippen molar-refractivity contribution in [2.45, 2.75) is 4.90 Å². The van der Waals surface area contributed by atoms with Crippen molar-refractivity contribution in [1.82, 2.24) is 4.31 Å². The second-order valence-electron chi connectivity index (χ2n) is 5.56. The van der Waals surface area contributed by atoms with Gasteiger partial charge in [0.05, 0.1) is 22.7 Å². The summed E-state index contributed by atoms with van der Waals surface area (Å²) in [7, 11) is 0.581. The first-order chi connectivity index (χ1) is 12.6. The van der Waals surface area contributed by atoms with Crippen molar-refractivity contribution >= 4 is 44.8 Å². The lowest BCUT2D eigenvalue weighted by Crippen LogP contribution is -2.23. The van der Waals surface area contributed by atoms with Crippen molar-refractivity contribution < 1.29 is 22.7 Å². The lowest BCUT2D eigenvalue weighted by molar-refractivity contribution is -0.118. The van der Waals surface area contributed by atoms with Crippen LogP contribution in [0.15, 0.2) is 41.3 Å². The van der Waals surface area contributed by atoms with Gasteiger partial charge in [-0.15, -0.1) is 0 Å². The van der Waals surface area contributed by atoms with Crippen LogP contribution in [-0.2, 0) is 14.8 Å². The van der Waals surface area contributed by atoms with Crippen LogP contribution in [0.5, 0.6) is 11.5 Å². The van der Waals surface area contributed by atoms with Crippen LogP contribution in [0.25, 0.3) is 0 Å². The minimum Gasteiger partial charge on any atom is -0.495 e. The molecular formula is C17H18Cl2N2O5S. The van der Waals surface area contributed by atoms with Gasteiger partial charge in [0.25, 0.3) is 5.91 Å². The van der Waals surface area contributed by atoms with Gasteiger partial charge >= 0.3 is 0 Å². The molecule has 0 aliphatic heterocycles. The minimum atomic E-state index is -3.66. The number of amides is 1. The molecule has 2 aromatic rings. The Morgan fingerprint density at radius 1 is 1.11 bits per heavy atom. The monoisotopic (exact) mass is 432 g/mol. The highest BCUT2D eigenvalue weighted by Gasteiger charge is 2.20. The molecule has 7 nitrogen and oxygen atoms in total. The maximum atomic E-state index is 12.3. The topological polar surface area (TPSA) is 84.9 Å². The van der Waals surface area contributed by atoms with Gasteiger partial charge in [-0.2, -0.15) is 0 Å². The van der Waals surface area contributed by atoms with E-state index in [4.69, 9.17) is 32.7 Å². The van der Waals surface area contributed by atoms with E-state index in [0.717, 1.165) is 4.31 Å². The van der Waals surface area contributed by atoms with Crippen LogP contribution in [0.1, 0.15) is 0 Å². The van der Waals surface area contributed by atoms with E-state index < -0.39 is 15.9 Å². The number of rotatable bonds is 7. The highest BCUT2D eigenvalue weighted by atomic mass is 35.5. The molecule has 27 heavy (non-hydrogen) atoms. The second kappa shape index (κ2) is 8.79. The third-order valence-electron chi connectivity index (χ3n) is 3.48. The molecule has 0 aromatic heterocycles. The van der Waals surface area contributed by atoms with Crippen LogP contribution in [-0.4, -0.2) is 46.4 Å². The number of nitrogens with zero attached hydrogens (tertiary/aromatic N) is 1. The molecule has 0 bridgehead atoms. The molecule has 0 aliphatic carbocycles. The van der Waals surface area contributed by atoms with Crippen molar-refractivity contribution in [3.63, 3.8) is 0 Å². The minimum absolute atomic E-state index is 0.0161. The number of hydrogen-bond donors (Lipinski definition) is 1. The van der Waals surface area contributed by atoms with Gasteiger partial charge < -0.3 is 14.8 Å². The fourth-order valence-corrected chi connectivity index (χ4v) is 3.34. The number of ether oxygens (including phenoxy) is 2. The average Bonchev–Trinajstić information content (AvgIpc) is 2.62. The summed E-state index contributed by atoms with van der Waals surface area (Å²) in [5, 5.41) is 3.29. The maximum absolute atomic E-state index is 12.3. The summed E-state index contributed by atoms with van der Waals surface area (Å²) in [4.78, 5) is 12.2. The van der Waals surface area contributed by atoms with Gasteiger partial charge in [0.15, 0.2) is 6.61 Å². The van der Waals surface area contributed by atoms with Crippen molar-refractivity contribution in [2.75, 3.05) is 33.1 Å². The van der Waals surface area contributed by atoms with Crippen LogP contribution in [0.3, 0.4) is 0 Å². The van der Waals surface area contributed by atoms with E-state index in [9.17, 15) is 13.2 Å². The zero-order valence-corrected chi connectivity index (χ0v) is 17.2. The average molecular weight is 433 g/mol. The zero-order chi connectivity index (χ0) is 20.2. The molecule has 0 fully saturated rings. The number of benzene rings is 2. The fraction of sp³-hybridized carbons (Fsp3) is 0.235. The Morgan fingerprint density at radius 2 is 1.81 bits per heavy atom. The third kappa shape index (κ3) is 5.26.